The number of oxazole rings is 1. The highest BCUT2D eigenvalue weighted by atomic mass is 35.5. The lowest BCUT2D eigenvalue weighted by Crippen LogP contribution is -2.10. The molecule has 4 nitrogen and oxygen atoms in total. The molecule has 3 aromatic rings. The first-order chi connectivity index (χ1) is 11.7. The summed E-state index contributed by atoms with van der Waals surface area (Å²) in [5, 5.41) is 3.52. The van der Waals surface area contributed by atoms with Crippen LogP contribution in [0.15, 0.2) is 59.3 Å². The molecule has 0 atom stereocenters. The molecule has 0 radical (unpaired) electrons. The molecule has 0 bridgehead atoms. The summed E-state index contributed by atoms with van der Waals surface area (Å²) in [5.74, 6) is 0.575. The molecule has 3 rings (SSSR count). The van der Waals surface area contributed by atoms with Crippen molar-refractivity contribution in [2.45, 2.75) is 19.8 Å². The topological polar surface area (TPSA) is 55.1 Å². The maximum atomic E-state index is 11.6. The van der Waals surface area contributed by atoms with Crippen molar-refractivity contribution < 1.29 is 9.21 Å². The number of aromatic nitrogens is 1. The van der Waals surface area contributed by atoms with Crippen molar-refractivity contribution in [2.75, 3.05) is 5.32 Å². The average Bonchev–Trinajstić information content (AvgIpc) is 3.11. The zero-order chi connectivity index (χ0) is 16.9. The van der Waals surface area contributed by atoms with Gasteiger partial charge in [0, 0.05) is 28.3 Å². The molecule has 0 aliphatic rings. The summed E-state index contributed by atoms with van der Waals surface area (Å²) in [6.45, 7) is 1.98. The van der Waals surface area contributed by atoms with E-state index in [9.17, 15) is 4.79 Å². The first-order valence-electron chi connectivity index (χ1n) is 7.77. The van der Waals surface area contributed by atoms with Gasteiger partial charge in [0.1, 0.15) is 6.26 Å². The van der Waals surface area contributed by atoms with E-state index in [1.807, 2.05) is 49.4 Å². The maximum Gasteiger partial charge on any atom is 0.225 e. The Morgan fingerprint density at radius 2 is 1.92 bits per heavy atom. The number of anilines is 1. The molecule has 1 heterocycles. The standard InChI is InChI=1S/C19H17ClN2O2/c1-2-3-18(23)22-15-7-4-13(5-8-15)16-12-14(6-9-17(16)20)19-21-10-11-24-19/h4-12H,2-3H2,1H3,(H,22,23). The lowest BCUT2D eigenvalue weighted by Gasteiger charge is -2.09. The van der Waals surface area contributed by atoms with E-state index < -0.39 is 0 Å². The van der Waals surface area contributed by atoms with Gasteiger partial charge in [-0.3, -0.25) is 4.79 Å². The minimum atomic E-state index is 0.0224. The molecule has 24 heavy (non-hydrogen) atoms. The molecule has 122 valence electrons. The summed E-state index contributed by atoms with van der Waals surface area (Å²) < 4.78 is 5.33. The summed E-state index contributed by atoms with van der Waals surface area (Å²) in [6.07, 6.45) is 4.49. The highest BCUT2D eigenvalue weighted by Gasteiger charge is 2.09. The summed E-state index contributed by atoms with van der Waals surface area (Å²) in [4.78, 5) is 15.8. The first kappa shape index (κ1) is 16.3. The van der Waals surface area contributed by atoms with Crippen LogP contribution in [0.1, 0.15) is 19.8 Å². The zero-order valence-electron chi connectivity index (χ0n) is 13.3. The van der Waals surface area contributed by atoms with Gasteiger partial charge in [-0.2, -0.15) is 0 Å². The predicted molar refractivity (Wildman–Crippen MR) is 95.9 cm³/mol. The summed E-state index contributed by atoms with van der Waals surface area (Å²) in [6, 6.07) is 13.3. The van der Waals surface area contributed by atoms with Gasteiger partial charge < -0.3 is 9.73 Å². The Bertz CT molecular complexity index is 827. The fourth-order valence-electron chi connectivity index (χ4n) is 2.43. The van der Waals surface area contributed by atoms with Crippen LogP contribution in [0, 0.1) is 0 Å². The first-order valence-corrected chi connectivity index (χ1v) is 8.15. The molecule has 5 heteroatoms. The van der Waals surface area contributed by atoms with E-state index in [2.05, 4.69) is 10.3 Å². The number of carbonyl (C=O) groups excluding carboxylic acids is 1. The molecule has 0 saturated heterocycles. The molecule has 0 aliphatic heterocycles. The van der Waals surface area contributed by atoms with E-state index in [-0.39, 0.29) is 5.91 Å². The molecule has 0 fully saturated rings. The second-order valence-corrected chi connectivity index (χ2v) is 5.81. The summed E-state index contributed by atoms with van der Waals surface area (Å²) in [7, 11) is 0. The summed E-state index contributed by atoms with van der Waals surface area (Å²) in [5.41, 5.74) is 3.48. The van der Waals surface area contributed by atoms with Gasteiger partial charge in [0.15, 0.2) is 0 Å². The largest absolute Gasteiger partial charge is 0.445 e. The van der Waals surface area contributed by atoms with Crippen LogP contribution in [0.4, 0.5) is 5.69 Å². The van der Waals surface area contributed by atoms with Gasteiger partial charge >= 0.3 is 0 Å². The van der Waals surface area contributed by atoms with Crippen LogP contribution in [0.3, 0.4) is 0 Å². The predicted octanol–water partition coefficient (Wildman–Crippen LogP) is 5.40. The lowest BCUT2D eigenvalue weighted by molar-refractivity contribution is -0.116. The van der Waals surface area contributed by atoms with E-state index in [1.54, 1.807) is 6.20 Å². The van der Waals surface area contributed by atoms with Gasteiger partial charge in [-0.25, -0.2) is 4.98 Å². The van der Waals surface area contributed by atoms with Gasteiger partial charge in [0.05, 0.1) is 6.20 Å². The van der Waals surface area contributed by atoms with Crippen molar-refractivity contribution in [1.29, 1.82) is 0 Å². The SMILES string of the molecule is CCCC(=O)Nc1ccc(-c2cc(-c3ncco3)ccc2Cl)cc1. The Hall–Kier alpha value is -2.59. The Balaban J connectivity index is 1.86. The van der Waals surface area contributed by atoms with Crippen molar-refractivity contribution in [3.05, 3.63) is 59.9 Å². The van der Waals surface area contributed by atoms with Crippen LogP contribution >= 0.6 is 11.6 Å². The fraction of sp³-hybridized carbons (Fsp3) is 0.158. The Kier molecular flexibility index (Phi) is 4.96. The van der Waals surface area contributed by atoms with Gasteiger partial charge in [-0.15, -0.1) is 0 Å². The van der Waals surface area contributed by atoms with Crippen molar-refractivity contribution in [3.63, 3.8) is 0 Å². The van der Waals surface area contributed by atoms with Gasteiger partial charge in [-0.1, -0.05) is 30.7 Å². The molecule has 2 aromatic carbocycles. The number of hydrogen-bond donors (Lipinski definition) is 1. The Morgan fingerprint density at radius 1 is 1.17 bits per heavy atom. The monoisotopic (exact) mass is 340 g/mol. The molecule has 1 amide bonds. The van der Waals surface area contributed by atoms with Crippen molar-refractivity contribution in [1.82, 2.24) is 4.98 Å². The number of nitrogens with zero attached hydrogens (tertiary/aromatic N) is 1. The van der Waals surface area contributed by atoms with E-state index in [0.717, 1.165) is 28.8 Å². The number of carbonyl (C=O) groups is 1. The Labute approximate surface area is 145 Å². The van der Waals surface area contributed by atoms with Crippen LogP contribution in [0.25, 0.3) is 22.6 Å². The molecular weight excluding hydrogens is 324 g/mol. The third-order valence-electron chi connectivity index (χ3n) is 3.60. The molecule has 0 aliphatic carbocycles. The zero-order valence-corrected chi connectivity index (χ0v) is 14.0. The van der Waals surface area contributed by atoms with Crippen LogP contribution in [0.5, 0.6) is 0 Å². The molecule has 0 saturated carbocycles. The number of benzene rings is 2. The van der Waals surface area contributed by atoms with Crippen LogP contribution < -0.4 is 5.32 Å². The van der Waals surface area contributed by atoms with Gasteiger partial charge in [0.2, 0.25) is 11.8 Å². The minimum Gasteiger partial charge on any atom is -0.445 e. The molecular formula is C19H17ClN2O2. The number of rotatable bonds is 5. The van der Waals surface area contributed by atoms with E-state index in [4.69, 9.17) is 16.0 Å². The molecule has 1 N–H and O–H groups in total. The van der Waals surface area contributed by atoms with Crippen LogP contribution in [-0.2, 0) is 4.79 Å². The van der Waals surface area contributed by atoms with Crippen molar-refractivity contribution in [3.8, 4) is 22.6 Å². The average molecular weight is 341 g/mol. The quantitative estimate of drug-likeness (QED) is 0.676. The molecule has 0 unspecified atom stereocenters. The Morgan fingerprint density at radius 3 is 2.58 bits per heavy atom. The van der Waals surface area contributed by atoms with Crippen LogP contribution in [0.2, 0.25) is 5.02 Å². The number of hydrogen-bond acceptors (Lipinski definition) is 3. The fourth-order valence-corrected chi connectivity index (χ4v) is 2.66. The highest BCUT2D eigenvalue weighted by molar-refractivity contribution is 6.33. The maximum absolute atomic E-state index is 11.6. The number of amides is 1. The molecule has 1 aromatic heterocycles. The second-order valence-electron chi connectivity index (χ2n) is 5.41. The smallest absolute Gasteiger partial charge is 0.225 e. The van der Waals surface area contributed by atoms with Gasteiger partial charge in [-0.05, 0) is 42.3 Å². The van der Waals surface area contributed by atoms with Gasteiger partial charge in [0.25, 0.3) is 0 Å². The van der Waals surface area contributed by atoms with E-state index in [0.29, 0.717) is 17.3 Å². The number of halogens is 1. The lowest BCUT2D eigenvalue weighted by atomic mass is 10.0. The summed E-state index contributed by atoms with van der Waals surface area (Å²) >= 11 is 6.34. The highest BCUT2D eigenvalue weighted by Crippen LogP contribution is 2.32. The third-order valence-corrected chi connectivity index (χ3v) is 3.93. The normalized spacial score (nSPS) is 10.6. The van der Waals surface area contributed by atoms with Crippen LogP contribution in [-0.4, -0.2) is 10.9 Å². The van der Waals surface area contributed by atoms with E-state index >= 15 is 0 Å². The van der Waals surface area contributed by atoms with E-state index in [1.165, 1.54) is 6.26 Å². The minimum absolute atomic E-state index is 0.0224. The number of nitrogens with one attached hydrogen (secondary N) is 1. The molecule has 0 spiro atoms. The second kappa shape index (κ2) is 7.32. The third kappa shape index (κ3) is 3.66. The van der Waals surface area contributed by atoms with Crippen molar-refractivity contribution in [2.24, 2.45) is 0 Å². The van der Waals surface area contributed by atoms with Crippen molar-refractivity contribution >= 4 is 23.2 Å².